The van der Waals surface area contributed by atoms with Crippen molar-refractivity contribution in [2.24, 2.45) is 5.73 Å². The number of methoxy groups -OCH3 is 1. The molecule has 0 aromatic heterocycles. The van der Waals surface area contributed by atoms with Gasteiger partial charge >= 0.3 is 0 Å². The summed E-state index contributed by atoms with van der Waals surface area (Å²) >= 11 is 0. The van der Waals surface area contributed by atoms with E-state index in [1.807, 2.05) is 18.2 Å². The maximum atomic E-state index is 11.5. The summed E-state index contributed by atoms with van der Waals surface area (Å²) < 4.78 is 29.8. The molecular formula is C14H23N3O3S. The maximum Gasteiger partial charge on any atom is 0.211 e. The first-order valence-corrected chi connectivity index (χ1v) is 8.82. The highest BCUT2D eigenvalue weighted by Crippen LogP contribution is 2.21. The molecule has 1 saturated heterocycles. The van der Waals surface area contributed by atoms with Crippen molar-refractivity contribution in [3.63, 3.8) is 0 Å². The Morgan fingerprint density at radius 3 is 2.43 bits per heavy atom. The van der Waals surface area contributed by atoms with Gasteiger partial charge in [0, 0.05) is 44.8 Å². The van der Waals surface area contributed by atoms with Crippen LogP contribution in [0.3, 0.4) is 0 Å². The van der Waals surface area contributed by atoms with Gasteiger partial charge in [-0.1, -0.05) is 12.1 Å². The van der Waals surface area contributed by atoms with Gasteiger partial charge in [0.1, 0.15) is 5.75 Å². The molecule has 0 atom stereocenters. The van der Waals surface area contributed by atoms with Gasteiger partial charge in [-0.15, -0.1) is 0 Å². The first kappa shape index (κ1) is 16.2. The summed E-state index contributed by atoms with van der Waals surface area (Å²) in [6, 6.07) is 6.04. The van der Waals surface area contributed by atoms with Crippen molar-refractivity contribution in [3.05, 3.63) is 29.3 Å². The Morgan fingerprint density at radius 1 is 1.24 bits per heavy atom. The Kier molecular flexibility index (Phi) is 5.21. The smallest absolute Gasteiger partial charge is 0.211 e. The van der Waals surface area contributed by atoms with Gasteiger partial charge in [-0.3, -0.25) is 4.90 Å². The number of nitrogens with two attached hydrogens (primary N) is 1. The summed E-state index contributed by atoms with van der Waals surface area (Å²) in [5.74, 6) is 0.810. The Balaban J connectivity index is 1.98. The van der Waals surface area contributed by atoms with Crippen LogP contribution in [-0.4, -0.2) is 57.2 Å². The minimum absolute atomic E-state index is 0.455. The molecule has 0 saturated carbocycles. The number of hydrogen-bond acceptors (Lipinski definition) is 5. The molecule has 0 amide bonds. The lowest BCUT2D eigenvalue weighted by molar-refractivity contribution is 0.182. The van der Waals surface area contributed by atoms with Crippen LogP contribution in [0, 0.1) is 0 Å². The van der Waals surface area contributed by atoms with E-state index in [1.54, 1.807) is 7.11 Å². The van der Waals surface area contributed by atoms with Gasteiger partial charge in [-0.05, 0) is 11.6 Å². The molecule has 1 aromatic rings. The second-order valence-electron chi connectivity index (χ2n) is 5.29. The second-order valence-corrected chi connectivity index (χ2v) is 7.27. The van der Waals surface area contributed by atoms with Crippen LogP contribution < -0.4 is 10.5 Å². The summed E-state index contributed by atoms with van der Waals surface area (Å²) in [6.07, 6.45) is 1.26. The zero-order chi connectivity index (χ0) is 15.5. The second kappa shape index (κ2) is 6.74. The number of hydrogen-bond donors (Lipinski definition) is 1. The van der Waals surface area contributed by atoms with E-state index in [-0.39, 0.29) is 0 Å². The summed E-state index contributed by atoms with van der Waals surface area (Å²) in [4.78, 5) is 2.25. The average Bonchev–Trinajstić information content (AvgIpc) is 2.46. The molecule has 7 heteroatoms. The monoisotopic (exact) mass is 313 g/mol. The zero-order valence-electron chi connectivity index (χ0n) is 12.6. The number of nitrogens with zero attached hydrogens (tertiary/aromatic N) is 2. The van der Waals surface area contributed by atoms with Crippen LogP contribution in [-0.2, 0) is 23.1 Å². The molecule has 0 spiro atoms. The molecule has 6 nitrogen and oxygen atoms in total. The lowest BCUT2D eigenvalue weighted by Gasteiger charge is -2.33. The lowest BCUT2D eigenvalue weighted by atomic mass is 10.1. The number of rotatable bonds is 5. The standard InChI is InChI=1S/C14H23N3O3S/c1-20-14-9-12(3-4-13(14)10-15)11-16-5-7-17(8-6-16)21(2,18)19/h3-4,9H,5-8,10-11,15H2,1-2H3. The van der Waals surface area contributed by atoms with Crippen molar-refractivity contribution in [2.75, 3.05) is 39.5 Å². The van der Waals surface area contributed by atoms with Crippen molar-refractivity contribution in [2.45, 2.75) is 13.1 Å². The highest BCUT2D eigenvalue weighted by molar-refractivity contribution is 7.88. The van der Waals surface area contributed by atoms with Crippen LogP contribution in [0.5, 0.6) is 5.75 Å². The molecule has 1 fully saturated rings. The van der Waals surface area contributed by atoms with Gasteiger partial charge < -0.3 is 10.5 Å². The quantitative estimate of drug-likeness (QED) is 0.842. The maximum absolute atomic E-state index is 11.5. The molecule has 0 unspecified atom stereocenters. The van der Waals surface area contributed by atoms with Crippen molar-refractivity contribution in [1.82, 2.24) is 9.21 Å². The molecule has 1 aliphatic rings. The van der Waals surface area contributed by atoms with Crippen LogP contribution >= 0.6 is 0 Å². The number of ether oxygens (including phenoxy) is 1. The molecule has 1 heterocycles. The van der Waals surface area contributed by atoms with E-state index in [2.05, 4.69) is 4.90 Å². The fraction of sp³-hybridized carbons (Fsp3) is 0.571. The minimum Gasteiger partial charge on any atom is -0.496 e. The normalized spacial score (nSPS) is 17.9. The van der Waals surface area contributed by atoms with Gasteiger partial charge in [0.2, 0.25) is 10.0 Å². The largest absolute Gasteiger partial charge is 0.496 e. The van der Waals surface area contributed by atoms with Crippen molar-refractivity contribution in [3.8, 4) is 5.75 Å². The fourth-order valence-electron chi connectivity index (χ4n) is 2.53. The number of benzene rings is 1. The molecule has 21 heavy (non-hydrogen) atoms. The molecule has 1 aromatic carbocycles. The fourth-order valence-corrected chi connectivity index (χ4v) is 3.36. The van der Waals surface area contributed by atoms with Gasteiger partial charge in [-0.25, -0.2) is 8.42 Å². The first-order chi connectivity index (χ1) is 9.94. The van der Waals surface area contributed by atoms with Crippen molar-refractivity contribution >= 4 is 10.0 Å². The van der Waals surface area contributed by atoms with E-state index in [9.17, 15) is 8.42 Å². The highest BCUT2D eigenvalue weighted by atomic mass is 32.2. The summed E-state index contributed by atoms with van der Waals surface area (Å²) in [5, 5.41) is 0. The van der Waals surface area contributed by atoms with Gasteiger partial charge in [0.25, 0.3) is 0 Å². The van der Waals surface area contributed by atoms with E-state index in [4.69, 9.17) is 10.5 Å². The molecule has 1 aliphatic heterocycles. The van der Waals surface area contributed by atoms with Crippen LogP contribution in [0.4, 0.5) is 0 Å². The SMILES string of the molecule is COc1cc(CN2CCN(S(C)(=O)=O)CC2)ccc1CN. The molecule has 2 N–H and O–H groups in total. The molecule has 2 rings (SSSR count). The predicted octanol–water partition coefficient (Wildman–Crippen LogP) is 0.231. The van der Waals surface area contributed by atoms with E-state index in [1.165, 1.54) is 10.6 Å². The van der Waals surface area contributed by atoms with Gasteiger partial charge in [0.15, 0.2) is 0 Å². The zero-order valence-corrected chi connectivity index (χ0v) is 13.4. The van der Waals surface area contributed by atoms with Gasteiger partial charge in [-0.2, -0.15) is 4.31 Å². The van der Waals surface area contributed by atoms with Crippen LogP contribution in [0.2, 0.25) is 0 Å². The van der Waals surface area contributed by atoms with E-state index in [0.29, 0.717) is 19.6 Å². The summed E-state index contributed by atoms with van der Waals surface area (Å²) in [6.45, 7) is 3.84. The van der Waals surface area contributed by atoms with E-state index < -0.39 is 10.0 Å². The van der Waals surface area contributed by atoms with Crippen molar-refractivity contribution < 1.29 is 13.2 Å². The van der Waals surface area contributed by atoms with E-state index >= 15 is 0 Å². The van der Waals surface area contributed by atoms with E-state index in [0.717, 1.165) is 36.5 Å². The number of piperazine rings is 1. The Hall–Kier alpha value is -1.15. The molecular weight excluding hydrogens is 290 g/mol. The summed E-state index contributed by atoms with van der Waals surface area (Å²) in [5.41, 5.74) is 7.80. The van der Waals surface area contributed by atoms with Gasteiger partial charge in [0.05, 0.1) is 13.4 Å². The third-order valence-corrected chi connectivity index (χ3v) is 5.08. The van der Waals surface area contributed by atoms with Crippen LogP contribution in [0.15, 0.2) is 18.2 Å². The Labute approximate surface area is 126 Å². The number of sulfonamides is 1. The first-order valence-electron chi connectivity index (χ1n) is 6.97. The minimum atomic E-state index is -3.07. The van der Waals surface area contributed by atoms with Crippen LogP contribution in [0.25, 0.3) is 0 Å². The van der Waals surface area contributed by atoms with Crippen molar-refractivity contribution in [1.29, 1.82) is 0 Å². The third-order valence-electron chi connectivity index (χ3n) is 3.78. The molecule has 118 valence electrons. The Bertz CT molecular complexity index is 581. The molecule has 0 bridgehead atoms. The summed E-state index contributed by atoms with van der Waals surface area (Å²) in [7, 11) is -1.43. The predicted molar refractivity (Wildman–Crippen MR) is 82.6 cm³/mol. The van der Waals surface area contributed by atoms with Crippen LogP contribution in [0.1, 0.15) is 11.1 Å². The molecule has 0 aliphatic carbocycles. The Morgan fingerprint density at radius 2 is 1.90 bits per heavy atom. The molecule has 0 radical (unpaired) electrons. The third kappa shape index (κ3) is 4.16. The lowest BCUT2D eigenvalue weighted by Crippen LogP contribution is -2.47. The average molecular weight is 313 g/mol. The highest BCUT2D eigenvalue weighted by Gasteiger charge is 2.23. The topological polar surface area (TPSA) is 75.9 Å².